The Bertz CT molecular complexity index is 1500. The number of pyridine rings is 1. The molecule has 194 valence electrons. The zero-order valence-corrected chi connectivity index (χ0v) is 22.6. The van der Waals surface area contributed by atoms with Crippen molar-refractivity contribution in [2.75, 3.05) is 13.1 Å². The molecule has 2 aromatic heterocycles. The maximum Gasteiger partial charge on any atom is 0.253 e. The van der Waals surface area contributed by atoms with E-state index in [1.165, 1.54) is 5.57 Å². The van der Waals surface area contributed by atoms with Gasteiger partial charge in [0.15, 0.2) is 0 Å². The van der Waals surface area contributed by atoms with Crippen LogP contribution in [0.1, 0.15) is 47.6 Å². The number of aromatic hydroxyl groups is 1. The van der Waals surface area contributed by atoms with Crippen molar-refractivity contribution in [3.05, 3.63) is 106 Å². The number of likely N-dealkylation sites (tertiary alicyclic amines) is 1. The minimum Gasteiger partial charge on any atom is -0.508 e. The quantitative estimate of drug-likeness (QED) is 0.317. The number of hydrogen-bond donors (Lipinski definition) is 1. The molecule has 0 atom stereocenters. The van der Waals surface area contributed by atoms with Crippen molar-refractivity contribution in [3.8, 4) is 17.1 Å². The van der Waals surface area contributed by atoms with Gasteiger partial charge in [0.2, 0.25) is 0 Å². The Morgan fingerprint density at radius 2 is 1.84 bits per heavy atom. The summed E-state index contributed by atoms with van der Waals surface area (Å²) in [6.45, 7) is 8.14. The molecule has 1 aliphatic rings. The maximum absolute atomic E-state index is 13.1. The van der Waals surface area contributed by atoms with Crippen molar-refractivity contribution in [2.24, 2.45) is 5.41 Å². The molecule has 0 unspecified atom stereocenters. The number of benzene rings is 2. The monoisotopic (exact) mass is 526 g/mol. The van der Waals surface area contributed by atoms with Crippen molar-refractivity contribution in [1.29, 1.82) is 0 Å². The molecule has 4 aromatic rings. The Labute approximate surface area is 228 Å². The van der Waals surface area contributed by atoms with Crippen LogP contribution in [0.4, 0.5) is 0 Å². The maximum atomic E-state index is 13.1. The molecule has 3 heterocycles. The van der Waals surface area contributed by atoms with E-state index in [0.717, 1.165) is 34.8 Å². The van der Waals surface area contributed by atoms with Crippen molar-refractivity contribution in [3.63, 3.8) is 0 Å². The fourth-order valence-electron chi connectivity index (χ4n) is 4.97. The van der Waals surface area contributed by atoms with Gasteiger partial charge in [-0.1, -0.05) is 55.3 Å². The molecular weight excluding hydrogens is 496 g/mol. The normalized spacial score (nSPS) is 16.1. The van der Waals surface area contributed by atoms with Crippen LogP contribution < -0.4 is 0 Å². The first-order chi connectivity index (χ1) is 18.2. The molecule has 0 spiro atoms. The first-order valence-corrected chi connectivity index (χ1v) is 13.1. The second-order valence-electron chi connectivity index (χ2n) is 10.5. The Morgan fingerprint density at radius 3 is 2.55 bits per heavy atom. The van der Waals surface area contributed by atoms with Crippen LogP contribution in [0.2, 0.25) is 5.02 Å². The van der Waals surface area contributed by atoms with Crippen molar-refractivity contribution < 1.29 is 9.90 Å². The third kappa shape index (κ3) is 5.65. The second-order valence-corrected chi connectivity index (χ2v) is 10.9. The molecule has 0 radical (unpaired) electrons. The minimum absolute atomic E-state index is 0.00519. The van der Waals surface area contributed by atoms with Crippen LogP contribution >= 0.6 is 11.6 Å². The average molecular weight is 527 g/mol. The highest BCUT2D eigenvalue weighted by Crippen LogP contribution is 2.36. The van der Waals surface area contributed by atoms with Crippen LogP contribution in [-0.4, -0.2) is 43.8 Å². The van der Waals surface area contributed by atoms with E-state index in [1.54, 1.807) is 24.3 Å². The van der Waals surface area contributed by atoms with Gasteiger partial charge in [-0.25, -0.2) is 0 Å². The van der Waals surface area contributed by atoms with Gasteiger partial charge in [0.05, 0.1) is 23.6 Å². The fraction of sp³-hybridized carbons (Fsp3) is 0.258. The predicted octanol–water partition coefficient (Wildman–Crippen LogP) is 6.62. The van der Waals surface area contributed by atoms with Crippen molar-refractivity contribution in [2.45, 2.75) is 33.7 Å². The summed E-state index contributed by atoms with van der Waals surface area (Å²) in [7, 11) is 0. The number of carbonyl (C=O) groups excluding carboxylic acids is 1. The van der Waals surface area contributed by atoms with E-state index in [4.69, 9.17) is 21.7 Å². The lowest BCUT2D eigenvalue weighted by Gasteiger charge is -2.40. The number of nitrogens with zero attached hydrogens (tertiary/aromatic N) is 4. The molecule has 1 amide bonds. The van der Waals surface area contributed by atoms with Crippen LogP contribution in [0.15, 0.2) is 78.4 Å². The van der Waals surface area contributed by atoms with E-state index >= 15 is 0 Å². The number of rotatable bonds is 5. The van der Waals surface area contributed by atoms with Crippen LogP contribution in [0.25, 0.3) is 17.5 Å². The smallest absolute Gasteiger partial charge is 0.253 e. The van der Waals surface area contributed by atoms with Gasteiger partial charge in [-0.05, 0) is 73.5 Å². The van der Waals surface area contributed by atoms with Gasteiger partial charge in [-0.15, -0.1) is 0 Å². The lowest BCUT2D eigenvalue weighted by molar-refractivity contribution is 0.0664. The molecule has 38 heavy (non-hydrogen) atoms. The summed E-state index contributed by atoms with van der Waals surface area (Å²) >= 11 is 6.12. The van der Waals surface area contributed by atoms with Crippen molar-refractivity contribution in [1.82, 2.24) is 19.7 Å². The Balaban J connectivity index is 1.43. The van der Waals surface area contributed by atoms with Crippen LogP contribution in [0.3, 0.4) is 0 Å². The molecule has 2 aromatic carbocycles. The molecule has 1 fully saturated rings. The van der Waals surface area contributed by atoms with E-state index in [9.17, 15) is 9.90 Å². The molecule has 0 bridgehead atoms. The third-order valence-electron chi connectivity index (χ3n) is 7.01. The van der Waals surface area contributed by atoms with Crippen LogP contribution in [0, 0.1) is 12.3 Å². The molecule has 5 rings (SSSR count). The first-order valence-electron chi connectivity index (χ1n) is 12.7. The highest BCUT2D eigenvalue weighted by molar-refractivity contribution is 6.30. The molecule has 6 nitrogen and oxygen atoms in total. The SMILES string of the molecule is Cc1cccc(-c2cc(/C=C3\CCN(C(=O)c4cccc(Cl)c4)CC3(C)C)nn2Cc2ccc(O)cc2)n1. The Morgan fingerprint density at radius 1 is 1.08 bits per heavy atom. The number of aryl methyl sites for hydroxylation is 1. The first kappa shape index (κ1) is 25.7. The highest BCUT2D eigenvalue weighted by atomic mass is 35.5. The number of phenolic OH excluding ortho intramolecular Hbond substituents is 1. The van der Waals surface area contributed by atoms with E-state index < -0.39 is 0 Å². The molecule has 1 N–H and O–H groups in total. The Hall–Kier alpha value is -3.90. The summed E-state index contributed by atoms with van der Waals surface area (Å²) in [5.41, 5.74) is 6.29. The van der Waals surface area contributed by atoms with E-state index in [2.05, 4.69) is 26.0 Å². The summed E-state index contributed by atoms with van der Waals surface area (Å²) in [6, 6.07) is 22.4. The van der Waals surface area contributed by atoms with Crippen molar-refractivity contribution >= 4 is 23.6 Å². The molecule has 0 aliphatic carbocycles. The average Bonchev–Trinajstić information content (AvgIpc) is 3.28. The number of aromatic nitrogens is 3. The lowest BCUT2D eigenvalue weighted by Crippen LogP contribution is -2.44. The number of carbonyl (C=O) groups is 1. The third-order valence-corrected chi connectivity index (χ3v) is 7.24. The summed E-state index contributed by atoms with van der Waals surface area (Å²) in [5, 5.41) is 15.2. The van der Waals surface area contributed by atoms with Gasteiger partial charge >= 0.3 is 0 Å². The highest BCUT2D eigenvalue weighted by Gasteiger charge is 2.33. The van der Waals surface area contributed by atoms with Gasteiger partial charge in [0.25, 0.3) is 5.91 Å². The van der Waals surface area contributed by atoms with E-state index in [0.29, 0.717) is 30.2 Å². The summed E-state index contributed by atoms with van der Waals surface area (Å²) in [4.78, 5) is 19.8. The lowest BCUT2D eigenvalue weighted by atomic mass is 9.78. The van der Waals surface area contributed by atoms with Gasteiger partial charge in [0.1, 0.15) is 5.75 Å². The zero-order valence-electron chi connectivity index (χ0n) is 21.9. The van der Waals surface area contributed by atoms with Gasteiger partial charge in [-0.2, -0.15) is 5.10 Å². The standard InChI is InChI=1S/C31H31ClN4O2/c1-21-6-4-9-28(33-21)29-18-26(34-36(29)19-22-10-12-27(37)13-11-22)17-24-14-15-35(20-31(24,2)3)30(38)23-7-5-8-25(32)16-23/h4-13,16-18,37H,14-15,19-20H2,1-3H3/b24-17+. The van der Waals surface area contributed by atoms with E-state index in [1.807, 2.05) is 59.0 Å². The molecule has 7 heteroatoms. The predicted molar refractivity (Wildman–Crippen MR) is 151 cm³/mol. The molecule has 1 saturated heterocycles. The topological polar surface area (TPSA) is 71.2 Å². The van der Waals surface area contributed by atoms with Crippen LogP contribution in [-0.2, 0) is 6.54 Å². The summed E-state index contributed by atoms with van der Waals surface area (Å²) in [6.07, 6.45) is 2.93. The summed E-state index contributed by atoms with van der Waals surface area (Å²) in [5.74, 6) is 0.244. The second kappa shape index (κ2) is 10.5. The number of hydrogen-bond acceptors (Lipinski definition) is 4. The number of halogens is 1. The molecule has 0 saturated carbocycles. The van der Waals surface area contributed by atoms with Gasteiger partial charge in [-0.3, -0.25) is 14.5 Å². The summed E-state index contributed by atoms with van der Waals surface area (Å²) < 4.78 is 1.96. The number of amides is 1. The zero-order chi connectivity index (χ0) is 26.9. The van der Waals surface area contributed by atoms with Gasteiger partial charge in [0, 0.05) is 34.8 Å². The van der Waals surface area contributed by atoms with Gasteiger partial charge < -0.3 is 10.0 Å². The minimum atomic E-state index is -0.213. The Kier molecular flexibility index (Phi) is 7.09. The molecular formula is C31H31ClN4O2. The molecule has 1 aliphatic heterocycles. The van der Waals surface area contributed by atoms with E-state index in [-0.39, 0.29) is 17.1 Å². The largest absolute Gasteiger partial charge is 0.508 e. The number of piperidine rings is 1. The number of phenols is 1. The van der Waals surface area contributed by atoms with Crippen LogP contribution in [0.5, 0.6) is 5.75 Å². The fourth-order valence-corrected chi connectivity index (χ4v) is 5.16.